The zero-order valence-corrected chi connectivity index (χ0v) is 13.6. The molecule has 0 saturated heterocycles. The number of rotatable bonds is 0. The molecule has 0 bridgehead atoms. The summed E-state index contributed by atoms with van der Waals surface area (Å²) in [4.78, 5) is 0. The van der Waals surface area contributed by atoms with Crippen molar-refractivity contribution < 1.29 is 9.47 Å². The molecule has 4 heteroatoms. The molecule has 0 spiro atoms. The lowest BCUT2D eigenvalue weighted by molar-refractivity contribution is 0.358. The summed E-state index contributed by atoms with van der Waals surface area (Å²) < 4.78 is 13.8. The second kappa shape index (κ2) is 4.64. The number of ether oxygens (including phenoxy) is 2. The smallest absolute Gasteiger partial charge is 0.136 e. The molecular weight excluding hydrogens is 384 g/mol. The maximum Gasteiger partial charge on any atom is 0.136 e. The molecule has 0 fully saturated rings. The van der Waals surface area contributed by atoms with Gasteiger partial charge in [0.25, 0.3) is 0 Å². The van der Waals surface area contributed by atoms with Crippen LogP contribution in [0, 0.1) is 0 Å². The van der Waals surface area contributed by atoms with Crippen LogP contribution in [0.1, 0.15) is 11.1 Å². The van der Waals surface area contributed by atoms with E-state index in [1.165, 1.54) is 0 Å². The van der Waals surface area contributed by atoms with Gasteiger partial charge in [-0.1, -0.05) is 31.9 Å². The first-order chi connectivity index (χ1) is 9.75. The van der Waals surface area contributed by atoms with Crippen LogP contribution in [0.4, 0.5) is 0 Å². The number of hydrogen-bond acceptors (Lipinski definition) is 2. The number of fused-ring (bicyclic) bond motifs is 5. The fraction of sp³-hybridized carbons (Fsp3) is 0.125. The predicted octanol–water partition coefficient (Wildman–Crippen LogP) is 5.10. The van der Waals surface area contributed by atoms with Crippen LogP contribution < -0.4 is 9.47 Å². The fourth-order valence-corrected chi connectivity index (χ4v) is 3.54. The molecule has 0 amide bonds. The predicted molar refractivity (Wildman–Crippen MR) is 88.7 cm³/mol. The minimum atomic E-state index is 0.592. The molecule has 2 aromatic carbocycles. The Bertz CT molecular complexity index is 723. The quantitative estimate of drug-likeness (QED) is 0.620. The van der Waals surface area contributed by atoms with Crippen LogP contribution in [0.2, 0.25) is 0 Å². The maximum absolute atomic E-state index is 5.84. The van der Waals surface area contributed by atoms with Crippen molar-refractivity contribution in [2.75, 3.05) is 13.2 Å². The van der Waals surface area contributed by atoms with Gasteiger partial charge in [0.05, 0.1) is 0 Å². The van der Waals surface area contributed by atoms with Crippen molar-refractivity contribution in [1.82, 2.24) is 0 Å². The topological polar surface area (TPSA) is 18.5 Å². The highest BCUT2D eigenvalue weighted by atomic mass is 79.9. The summed E-state index contributed by atoms with van der Waals surface area (Å²) in [7, 11) is 0. The molecule has 2 heterocycles. The first-order valence-electron chi connectivity index (χ1n) is 6.33. The number of halogens is 2. The van der Waals surface area contributed by atoms with E-state index in [-0.39, 0.29) is 0 Å². The largest absolute Gasteiger partial charge is 0.488 e. The Morgan fingerprint density at radius 1 is 0.700 bits per heavy atom. The molecule has 0 radical (unpaired) electrons. The summed E-state index contributed by atoms with van der Waals surface area (Å²) in [6.45, 7) is 1.18. The van der Waals surface area contributed by atoms with Crippen molar-refractivity contribution in [1.29, 1.82) is 0 Å². The molecule has 0 unspecified atom stereocenters. The van der Waals surface area contributed by atoms with E-state index in [4.69, 9.17) is 9.47 Å². The van der Waals surface area contributed by atoms with Gasteiger partial charge in [-0.15, -0.1) is 0 Å². The molecule has 100 valence electrons. The minimum absolute atomic E-state index is 0.592. The van der Waals surface area contributed by atoms with Gasteiger partial charge in [-0.3, -0.25) is 0 Å². The first-order valence-corrected chi connectivity index (χ1v) is 7.91. The summed E-state index contributed by atoms with van der Waals surface area (Å²) in [6.07, 6.45) is 4.06. The molecule has 0 aliphatic carbocycles. The molecule has 2 aromatic rings. The van der Waals surface area contributed by atoms with Crippen molar-refractivity contribution in [2.45, 2.75) is 0 Å². The molecule has 20 heavy (non-hydrogen) atoms. The normalized spacial score (nSPS) is 16.5. The average Bonchev–Trinajstić information content (AvgIpc) is 2.47. The van der Waals surface area contributed by atoms with Crippen LogP contribution in [-0.4, -0.2) is 13.2 Å². The van der Waals surface area contributed by atoms with E-state index in [0.717, 1.165) is 42.4 Å². The van der Waals surface area contributed by atoms with E-state index >= 15 is 0 Å². The Kier molecular flexibility index (Phi) is 2.89. The lowest BCUT2D eigenvalue weighted by atomic mass is 9.99. The second-order valence-electron chi connectivity index (χ2n) is 4.71. The van der Waals surface area contributed by atoms with Crippen molar-refractivity contribution in [3.63, 3.8) is 0 Å². The van der Waals surface area contributed by atoms with E-state index in [1.807, 2.05) is 12.2 Å². The highest BCUT2D eigenvalue weighted by molar-refractivity contribution is 9.15. The van der Waals surface area contributed by atoms with Gasteiger partial charge >= 0.3 is 0 Å². The standard InChI is InChI=1S/C16H10Br2O2/c17-13-5-8-20-16-10-2-4-12-14(18)6-7-19-15(12)9(10)1-3-11(13)16/h1-6H,7-8H2. The third-order valence-electron chi connectivity index (χ3n) is 3.60. The van der Waals surface area contributed by atoms with Crippen LogP contribution in [0.15, 0.2) is 36.4 Å². The van der Waals surface area contributed by atoms with Gasteiger partial charge < -0.3 is 9.47 Å². The van der Waals surface area contributed by atoms with Crippen LogP contribution >= 0.6 is 31.9 Å². The Labute approximate surface area is 133 Å². The molecule has 4 rings (SSSR count). The Balaban J connectivity index is 2.06. The van der Waals surface area contributed by atoms with Gasteiger partial charge in [-0.2, -0.15) is 0 Å². The molecule has 0 aromatic heterocycles. The van der Waals surface area contributed by atoms with Gasteiger partial charge in [0.1, 0.15) is 24.7 Å². The summed E-state index contributed by atoms with van der Waals surface area (Å²) >= 11 is 7.18. The van der Waals surface area contributed by atoms with Crippen LogP contribution in [-0.2, 0) is 0 Å². The van der Waals surface area contributed by atoms with E-state index < -0.39 is 0 Å². The highest BCUT2D eigenvalue weighted by Crippen LogP contribution is 2.45. The third-order valence-corrected chi connectivity index (χ3v) is 5.10. The highest BCUT2D eigenvalue weighted by Gasteiger charge is 2.20. The summed E-state index contributed by atoms with van der Waals surface area (Å²) in [5, 5.41) is 2.18. The Morgan fingerprint density at radius 3 is 1.60 bits per heavy atom. The van der Waals surface area contributed by atoms with Crippen molar-refractivity contribution in [3.8, 4) is 11.5 Å². The van der Waals surface area contributed by atoms with Crippen LogP contribution in [0.25, 0.3) is 19.7 Å². The summed E-state index contributed by atoms with van der Waals surface area (Å²) in [6, 6.07) is 8.35. The summed E-state index contributed by atoms with van der Waals surface area (Å²) in [5.41, 5.74) is 2.18. The van der Waals surface area contributed by atoms with Gasteiger partial charge in [0.15, 0.2) is 0 Å². The van der Waals surface area contributed by atoms with Crippen molar-refractivity contribution in [3.05, 3.63) is 47.5 Å². The third kappa shape index (κ3) is 1.75. The van der Waals surface area contributed by atoms with E-state index in [1.54, 1.807) is 0 Å². The fourth-order valence-electron chi connectivity index (χ4n) is 2.65. The summed E-state index contributed by atoms with van der Waals surface area (Å²) in [5.74, 6) is 1.85. The van der Waals surface area contributed by atoms with E-state index in [9.17, 15) is 0 Å². The maximum atomic E-state index is 5.84. The molecule has 2 nitrogen and oxygen atoms in total. The lowest BCUT2D eigenvalue weighted by Gasteiger charge is -2.21. The Hall–Kier alpha value is -1.26. The van der Waals surface area contributed by atoms with E-state index in [2.05, 4.69) is 56.1 Å². The van der Waals surface area contributed by atoms with Gasteiger partial charge in [-0.25, -0.2) is 0 Å². The monoisotopic (exact) mass is 392 g/mol. The molecule has 2 aliphatic heterocycles. The van der Waals surface area contributed by atoms with Gasteiger partial charge in [0, 0.05) is 30.9 Å². The Morgan fingerprint density at radius 2 is 1.15 bits per heavy atom. The molecule has 0 N–H and O–H groups in total. The second-order valence-corrected chi connectivity index (χ2v) is 6.41. The molecule has 0 atom stereocenters. The zero-order chi connectivity index (χ0) is 13.7. The van der Waals surface area contributed by atoms with E-state index in [0.29, 0.717) is 13.2 Å². The van der Waals surface area contributed by atoms with Crippen LogP contribution in [0.3, 0.4) is 0 Å². The van der Waals surface area contributed by atoms with Crippen molar-refractivity contribution in [2.24, 2.45) is 0 Å². The van der Waals surface area contributed by atoms with Crippen LogP contribution in [0.5, 0.6) is 11.5 Å². The zero-order valence-electron chi connectivity index (χ0n) is 10.5. The average molecular weight is 394 g/mol. The minimum Gasteiger partial charge on any atom is -0.488 e. The molecule has 0 saturated carbocycles. The number of benzene rings is 2. The lowest BCUT2D eigenvalue weighted by Crippen LogP contribution is -2.06. The van der Waals surface area contributed by atoms with Gasteiger partial charge in [0.2, 0.25) is 0 Å². The molecule has 2 aliphatic rings. The first kappa shape index (κ1) is 12.5. The molecular formula is C16H10Br2O2. The van der Waals surface area contributed by atoms with Gasteiger partial charge in [-0.05, 0) is 36.4 Å². The van der Waals surface area contributed by atoms with Crippen molar-refractivity contribution >= 4 is 51.6 Å². The number of hydrogen-bond donors (Lipinski definition) is 0. The SMILES string of the molecule is BrC1=CCOc2c1ccc1c3c(ccc21)C(Br)=CCO3.